The Kier molecular flexibility index (Phi) is 8.66. The van der Waals surface area contributed by atoms with Crippen LogP contribution in [0.3, 0.4) is 0 Å². The van der Waals surface area contributed by atoms with E-state index < -0.39 is 30.4 Å². The average Bonchev–Trinajstić information content (AvgIpc) is 3.33. The lowest BCUT2D eigenvalue weighted by Crippen LogP contribution is -2.53. The first-order valence-electron chi connectivity index (χ1n) is 11.3. The van der Waals surface area contributed by atoms with Crippen molar-refractivity contribution in [3.05, 3.63) is 24.2 Å². The molecular formula is C22H32N4O6. The van der Waals surface area contributed by atoms with Crippen LogP contribution in [0, 0.1) is 11.8 Å². The zero-order valence-corrected chi connectivity index (χ0v) is 18.2. The number of carboxylic acid groups (broad SMARTS) is 1. The first-order valence-corrected chi connectivity index (χ1v) is 11.3. The van der Waals surface area contributed by atoms with Gasteiger partial charge in [0, 0.05) is 19.5 Å². The number of nitrogens with one attached hydrogen (secondary N) is 3. The van der Waals surface area contributed by atoms with Crippen LogP contribution in [-0.4, -0.2) is 66.0 Å². The summed E-state index contributed by atoms with van der Waals surface area (Å²) in [4.78, 5) is 50.6. The summed E-state index contributed by atoms with van der Waals surface area (Å²) in [6.45, 7) is 2.93. The molecule has 32 heavy (non-hydrogen) atoms. The molecule has 0 saturated carbocycles. The lowest BCUT2D eigenvalue weighted by Gasteiger charge is -2.33. The number of likely N-dealkylation sites (tertiary alicyclic amines) is 1. The summed E-state index contributed by atoms with van der Waals surface area (Å²) in [7, 11) is 0. The molecule has 2 atom stereocenters. The van der Waals surface area contributed by atoms with Gasteiger partial charge in [0.1, 0.15) is 6.17 Å². The molecule has 2 aliphatic heterocycles. The van der Waals surface area contributed by atoms with Gasteiger partial charge >= 0.3 is 5.97 Å². The van der Waals surface area contributed by atoms with Crippen molar-refractivity contribution < 1.29 is 28.7 Å². The van der Waals surface area contributed by atoms with Gasteiger partial charge in [-0.15, -0.1) is 0 Å². The van der Waals surface area contributed by atoms with Crippen molar-refractivity contribution >= 4 is 23.7 Å². The molecule has 3 heterocycles. The number of piperidine rings is 2. The van der Waals surface area contributed by atoms with Gasteiger partial charge in [0.25, 0.3) is 5.91 Å². The SMILES string of the molecule is O=C(O)C[C@@H](NC(=O)c1ccco1)NC(=O)[C@@H]1CCCN(C(=O)CCC2CCNCC2)C1. The summed E-state index contributed by atoms with van der Waals surface area (Å²) in [6.07, 6.45) is 4.63. The summed E-state index contributed by atoms with van der Waals surface area (Å²) in [6, 6.07) is 2.99. The Morgan fingerprint density at radius 1 is 1.19 bits per heavy atom. The molecule has 4 N–H and O–H groups in total. The van der Waals surface area contributed by atoms with Crippen molar-refractivity contribution in [2.24, 2.45) is 11.8 Å². The Labute approximate surface area is 187 Å². The molecular weight excluding hydrogens is 416 g/mol. The van der Waals surface area contributed by atoms with E-state index in [0.29, 0.717) is 38.3 Å². The van der Waals surface area contributed by atoms with Gasteiger partial charge in [0.2, 0.25) is 11.8 Å². The van der Waals surface area contributed by atoms with Gasteiger partial charge in [0.05, 0.1) is 18.6 Å². The molecule has 3 rings (SSSR count). The van der Waals surface area contributed by atoms with Crippen LogP contribution in [0.2, 0.25) is 0 Å². The average molecular weight is 449 g/mol. The largest absolute Gasteiger partial charge is 0.481 e. The van der Waals surface area contributed by atoms with E-state index in [-0.39, 0.29) is 17.6 Å². The number of furan rings is 1. The van der Waals surface area contributed by atoms with E-state index in [1.807, 2.05) is 0 Å². The van der Waals surface area contributed by atoms with Crippen LogP contribution in [0.25, 0.3) is 0 Å². The van der Waals surface area contributed by atoms with Gasteiger partial charge in [-0.1, -0.05) is 0 Å². The fourth-order valence-corrected chi connectivity index (χ4v) is 4.31. The maximum absolute atomic E-state index is 12.8. The number of carbonyl (C=O) groups is 4. The first-order chi connectivity index (χ1) is 15.4. The fraction of sp³-hybridized carbons (Fsp3) is 0.636. The third-order valence-electron chi connectivity index (χ3n) is 6.12. The van der Waals surface area contributed by atoms with E-state index in [1.54, 1.807) is 11.0 Å². The standard InChI is InChI=1S/C22H32N4O6/c27-19(6-5-15-7-9-23-10-8-15)26-11-1-3-16(14-26)21(30)24-18(13-20(28)29)25-22(31)17-4-2-12-32-17/h2,4,12,15-16,18,23H,1,3,5-11,13-14H2,(H,24,30)(H,25,31)(H,28,29)/t16-,18-/m1/s1. The molecule has 176 valence electrons. The highest BCUT2D eigenvalue weighted by molar-refractivity contribution is 5.92. The second kappa shape index (κ2) is 11.7. The zero-order chi connectivity index (χ0) is 22.9. The van der Waals surface area contributed by atoms with Gasteiger partial charge in [-0.25, -0.2) is 0 Å². The molecule has 0 bridgehead atoms. The van der Waals surface area contributed by atoms with Crippen LogP contribution < -0.4 is 16.0 Å². The van der Waals surface area contributed by atoms with Crippen LogP contribution in [-0.2, 0) is 14.4 Å². The number of nitrogens with zero attached hydrogens (tertiary/aromatic N) is 1. The van der Waals surface area contributed by atoms with Crippen LogP contribution in [0.4, 0.5) is 0 Å². The summed E-state index contributed by atoms with van der Waals surface area (Å²) in [5.74, 6) is -1.92. The number of carboxylic acids is 1. The molecule has 3 amide bonds. The smallest absolute Gasteiger partial charge is 0.307 e. The fourth-order valence-electron chi connectivity index (χ4n) is 4.31. The number of aliphatic carboxylic acids is 1. The molecule has 2 saturated heterocycles. The lowest BCUT2D eigenvalue weighted by molar-refractivity contribution is -0.138. The number of hydrogen-bond donors (Lipinski definition) is 4. The number of hydrogen-bond acceptors (Lipinski definition) is 6. The minimum absolute atomic E-state index is 0.0258. The number of rotatable bonds is 9. The summed E-state index contributed by atoms with van der Waals surface area (Å²) in [5, 5.41) is 17.6. The third-order valence-corrected chi connectivity index (χ3v) is 6.12. The van der Waals surface area contributed by atoms with E-state index in [1.165, 1.54) is 12.3 Å². The monoisotopic (exact) mass is 448 g/mol. The highest BCUT2D eigenvalue weighted by Crippen LogP contribution is 2.21. The first kappa shape index (κ1) is 23.8. The zero-order valence-electron chi connectivity index (χ0n) is 18.2. The molecule has 0 aliphatic carbocycles. The minimum atomic E-state index is -1.16. The van der Waals surface area contributed by atoms with Gasteiger partial charge in [-0.2, -0.15) is 0 Å². The van der Waals surface area contributed by atoms with Crippen LogP contribution in [0.1, 0.15) is 55.5 Å². The van der Waals surface area contributed by atoms with E-state index in [0.717, 1.165) is 32.4 Å². The van der Waals surface area contributed by atoms with Crippen LogP contribution in [0.15, 0.2) is 22.8 Å². The lowest BCUT2D eigenvalue weighted by atomic mass is 9.92. The second-order valence-electron chi connectivity index (χ2n) is 8.52. The molecule has 2 fully saturated rings. The van der Waals surface area contributed by atoms with Gasteiger partial charge < -0.3 is 30.4 Å². The summed E-state index contributed by atoms with van der Waals surface area (Å²) >= 11 is 0. The summed E-state index contributed by atoms with van der Waals surface area (Å²) < 4.78 is 5.01. The van der Waals surface area contributed by atoms with Crippen LogP contribution in [0.5, 0.6) is 0 Å². The highest BCUT2D eigenvalue weighted by atomic mass is 16.4. The molecule has 0 spiro atoms. The quantitative estimate of drug-likeness (QED) is 0.412. The molecule has 10 heteroatoms. The summed E-state index contributed by atoms with van der Waals surface area (Å²) in [5.41, 5.74) is 0. The number of carbonyl (C=O) groups excluding carboxylic acids is 3. The molecule has 2 aliphatic rings. The second-order valence-corrected chi connectivity index (χ2v) is 8.52. The Hall–Kier alpha value is -2.88. The molecule has 0 aromatic carbocycles. The van der Waals surface area contributed by atoms with Crippen molar-refractivity contribution in [2.45, 2.75) is 51.1 Å². The third kappa shape index (κ3) is 7.08. The highest BCUT2D eigenvalue weighted by Gasteiger charge is 2.30. The molecule has 1 aromatic rings. The van der Waals surface area contributed by atoms with E-state index in [4.69, 9.17) is 9.52 Å². The van der Waals surface area contributed by atoms with Gasteiger partial charge in [-0.3, -0.25) is 19.2 Å². The van der Waals surface area contributed by atoms with Crippen molar-refractivity contribution in [3.63, 3.8) is 0 Å². The molecule has 0 radical (unpaired) electrons. The molecule has 10 nitrogen and oxygen atoms in total. The normalized spacial score (nSPS) is 20.4. The van der Waals surface area contributed by atoms with Crippen molar-refractivity contribution in [1.82, 2.24) is 20.9 Å². The topological polar surface area (TPSA) is 141 Å². The van der Waals surface area contributed by atoms with Crippen molar-refractivity contribution in [2.75, 3.05) is 26.2 Å². The van der Waals surface area contributed by atoms with E-state index in [2.05, 4.69) is 16.0 Å². The van der Waals surface area contributed by atoms with Gasteiger partial charge in [-0.05, 0) is 63.2 Å². The predicted octanol–water partition coefficient (Wildman–Crippen LogP) is 0.945. The van der Waals surface area contributed by atoms with E-state index >= 15 is 0 Å². The molecule has 1 aromatic heterocycles. The minimum Gasteiger partial charge on any atom is -0.481 e. The van der Waals surface area contributed by atoms with Gasteiger partial charge in [0.15, 0.2) is 5.76 Å². The maximum Gasteiger partial charge on any atom is 0.307 e. The number of amides is 3. The van der Waals surface area contributed by atoms with Crippen molar-refractivity contribution in [3.8, 4) is 0 Å². The van der Waals surface area contributed by atoms with E-state index in [9.17, 15) is 19.2 Å². The Morgan fingerprint density at radius 3 is 2.66 bits per heavy atom. The predicted molar refractivity (Wildman–Crippen MR) is 114 cm³/mol. The van der Waals surface area contributed by atoms with Crippen molar-refractivity contribution in [1.29, 1.82) is 0 Å². The maximum atomic E-state index is 12.8. The van der Waals surface area contributed by atoms with Crippen LogP contribution >= 0.6 is 0 Å². The Morgan fingerprint density at radius 2 is 1.97 bits per heavy atom. The Balaban J connectivity index is 1.50. The molecule has 0 unspecified atom stereocenters. The Bertz CT molecular complexity index is 790.